The molecule has 0 bridgehead atoms. The minimum absolute atomic E-state index is 0.0768. The van der Waals surface area contributed by atoms with E-state index in [-0.39, 0.29) is 16.9 Å². The van der Waals surface area contributed by atoms with Crippen LogP contribution in [0, 0.1) is 22.7 Å². The number of alkyl halides is 1. The van der Waals surface area contributed by atoms with Crippen molar-refractivity contribution in [3.8, 4) is 0 Å². The summed E-state index contributed by atoms with van der Waals surface area (Å²) in [4.78, 5) is 11.9. The van der Waals surface area contributed by atoms with Gasteiger partial charge in [0, 0.05) is 22.6 Å². The first-order valence-electron chi connectivity index (χ1n) is 8.70. The van der Waals surface area contributed by atoms with Crippen LogP contribution in [0.1, 0.15) is 51.9 Å². The van der Waals surface area contributed by atoms with E-state index < -0.39 is 0 Å². The lowest BCUT2D eigenvalue weighted by atomic mass is 9.52. The fourth-order valence-corrected chi connectivity index (χ4v) is 6.85. The molecule has 2 fully saturated rings. The number of hydrogen-bond acceptors (Lipinski definition) is 2. The number of aliphatic hydroxyl groups is 1. The van der Waals surface area contributed by atoms with E-state index in [2.05, 4.69) is 28.9 Å². The molecule has 3 heteroatoms. The van der Waals surface area contributed by atoms with E-state index in [1.54, 1.807) is 5.57 Å². The molecular weight excluding hydrogens is 340 g/mol. The number of carbonyl (C=O) groups excluding carboxylic acids is 1. The Kier molecular flexibility index (Phi) is 3.47. The summed E-state index contributed by atoms with van der Waals surface area (Å²) in [6.45, 7) is 2.29. The third-order valence-corrected chi connectivity index (χ3v) is 8.22. The van der Waals surface area contributed by atoms with Crippen molar-refractivity contribution < 1.29 is 9.90 Å². The van der Waals surface area contributed by atoms with Gasteiger partial charge in [-0.3, -0.25) is 4.79 Å². The Balaban J connectivity index is 1.79. The van der Waals surface area contributed by atoms with Crippen LogP contribution in [0.3, 0.4) is 0 Å². The molecule has 0 saturated heterocycles. The average Bonchev–Trinajstić information content (AvgIpc) is 2.82. The molecule has 0 spiro atoms. The zero-order valence-electron chi connectivity index (χ0n) is 13.3. The Bertz CT molecular complexity index is 578. The topological polar surface area (TPSA) is 37.3 Å². The molecule has 4 rings (SSSR count). The molecule has 0 aromatic carbocycles. The van der Waals surface area contributed by atoms with Crippen molar-refractivity contribution in [2.24, 2.45) is 22.7 Å². The number of allylic oxidation sites excluding steroid dienone is 4. The molecule has 1 unspecified atom stereocenters. The second kappa shape index (κ2) is 5.04. The smallest absolute Gasteiger partial charge is 0.155 e. The lowest BCUT2D eigenvalue weighted by molar-refractivity contribution is -0.115. The molecule has 0 aromatic heterocycles. The van der Waals surface area contributed by atoms with Gasteiger partial charge in [0.2, 0.25) is 0 Å². The second-order valence-electron chi connectivity index (χ2n) is 8.07. The molecule has 2 saturated carbocycles. The van der Waals surface area contributed by atoms with Gasteiger partial charge in [-0.2, -0.15) is 0 Å². The third-order valence-electron chi connectivity index (χ3n) is 7.26. The van der Waals surface area contributed by atoms with E-state index in [0.29, 0.717) is 24.0 Å². The highest BCUT2D eigenvalue weighted by atomic mass is 79.9. The number of aliphatic hydroxyl groups excluding tert-OH is 1. The van der Waals surface area contributed by atoms with Crippen molar-refractivity contribution in [1.29, 1.82) is 0 Å². The van der Waals surface area contributed by atoms with Gasteiger partial charge in [-0.25, -0.2) is 0 Å². The van der Waals surface area contributed by atoms with Crippen molar-refractivity contribution in [3.05, 3.63) is 23.3 Å². The molecule has 5 atom stereocenters. The highest BCUT2D eigenvalue weighted by Gasteiger charge is 2.56. The van der Waals surface area contributed by atoms with E-state index >= 15 is 0 Å². The van der Waals surface area contributed by atoms with Crippen molar-refractivity contribution in [3.63, 3.8) is 0 Å². The summed E-state index contributed by atoms with van der Waals surface area (Å²) >= 11 is 3.78. The largest absolute Gasteiger partial charge is 0.393 e. The van der Waals surface area contributed by atoms with Gasteiger partial charge in [-0.1, -0.05) is 40.1 Å². The molecular formula is C19H25BrO2. The fourth-order valence-electron chi connectivity index (χ4n) is 5.88. The van der Waals surface area contributed by atoms with Crippen molar-refractivity contribution in [2.45, 2.75) is 58.0 Å². The number of carbonyl (C=O) groups is 1. The van der Waals surface area contributed by atoms with Crippen LogP contribution >= 0.6 is 15.9 Å². The fraction of sp³-hybridized carbons (Fsp3) is 0.737. The maximum atomic E-state index is 11.9. The lowest BCUT2D eigenvalue weighted by Gasteiger charge is -2.53. The number of halogens is 1. The molecule has 0 aromatic rings. The van der Waals surface area contributed by atoms with E-state index in [0.717, 1.165) is 43.9 Å². The molecule has 2 nitrogen and oxygen atoms in total. The number of ketones is 1. The molecule has 22 heavy (non-hydrogen) atoms. The molecule has 0 radical (unpaired) electrons. The predicted molar refractivity (Wildman–Crippen MR) is 90.8 cm³/mol. The molecule has 1 N–H and O–H groups in total. The molecule has 4 aliphatic carbocycles. The molecule has 120 valence electrons. The van der Waals surface area contributed by atoms with Crippen molar-refractivity contribution >= 4 is 21.7 Å². The van der Waals surface area contributed by atoms with Gasteiger partial charge in [-0.05, 0) is 56.4 Å². The SMILES string of the molecule is C[C@]12CC=C3[C@@H](CCC4=CC(=O)CC[C@@]43CBr)[C@@H]1CCC2O. The van der Waals surface area contributed by atoms with Gasteiger partial charge in [0.15, 0.2) is 5.78 Å². The van der Waals surface area contributed by atoms with Crippen LogP contribution in [-0.4, -0.2) is 22.3 Å². The first kappa shape index (κ1) is 15.1. The predicted octanol–water partition coefficient (Wildman–Crippen LogP) is 4.17. The maximum Gasteiger partial charge on any atom is 0.155 e. The Hall–Kier alpha value is -0.410. The lowest BCUT2D eigenvalue weighted by Crippen LogP contribution is -2.47. The van der Waals surface area contributed by atoms with Crippen LogP contribution in [0.25, 0.3) is 0 Å². The second-order valence-corrected chi connectivity index (χ2v) is 8.63. The van der Waals surface area contributed by atoms with Gasteiger partial charge < -0.3 is 5.11 Å². The van der Waals surface area contributed by atoms with E-state index in [1.807, 2.05) is 6.08 Å². The van der Waals surface area contributed by atoms with E-state index in [4.69, 9.17) is 0 Å². The minimum Gasteiger partial charge on any atom is -0.393 e. The number of rotatable bonds is 1. The van der Waals surface area contributed by atoms with Crippen LogP contribution in [0.5, 0.6) is 0 Å². The Morgan fingerprint density at radius 2 is 2.14 bits per heavy atom. The third kappa shape index (κ3) is 1.84. The maximum absolute atomic E-state index is 11.9. The zero-order valence-corrected chi connectivity index (χ0v) is 14.9. The highest BCUT2D eigenvalue weighted by molar-refractivity contribution is 9.09. The minimum atomic E-state index is -0.139. The van der Waals surface area contributed by atoms with Crippen LogP contribution in [0.15, 0.2) is 23.3 Å². The van der Waals surface area contributed by atoms with Gasteiger partial charge in [-0.15, -0.1) is 0 Å². The summed E-state index contributed by atoms with van der Waals surface area (Å²) < 4.78 is 0. The molecule has 4 aliphatic rings. The van der Waals surface area contributed by atoms with Crippen molar-refractivity contribution in [2.75, 3.05) is 5.33 Å². The summed E-state index contributed by atoms with van der Waals surface area (Å²) in [5.74, 6) is 1.54. The summed E-state index contributed by atoms with van der Waals surface area (Å²) in [6, 6.07) is 0. The van der Waals surface area contributed by atoms with E-state index in [9.17, 15) is 9.90 Å². The van der Waals surface area contributed by atoms with Gasteiger partial charge in [0.05, 0.1) is 6.10 Å². The number of fused-ring (bicyclic) bond motifs is 5. The Labute approximate surface area is 141 Å². The monoisotopic (exact) mass is 364 g/mol. The van der Waals surface area contributed by atoms with Crippen LogP contribution in [-0.2, 0) is 4.79 Å². The van der Waals surface area contributed by atoms with E-state index in [1.165, 1.54) is 5.57 Å². The first-order chi connectivity index (χ1) is 10.5. The van der Waals surface area contributed by atoms with Crippen LogP contribution < -0.4 is 0 Å². The van der Waals surface area contributed by atoms with Gasteiger partial charge in [0.25, 0.3) is 0 Å². The summed E-state index contributed by atoms with van der Waals surface area (Å²) in [5.41, 5.74) is 3.12. The molecule has 0 heterocycles. The molecule has 0 aliphatic heterocycles. The summed E-state index contributed by atoms with van der Waals surface area (Å²) in [7, 11) is 0. The Morgan fingerprint density at radius 1 is 1.32 bits per heavy atom. The standard InChI is InChI=1S/C19H25BrO2/c1-18-8-7-16-14(15(18)4-5-17(18)22)3-2-12-10-13(21)6-9-19(12,16)11-20/h7,10,14-15,17,22H,2-6,8-9,11H2,1H3/t14-,15-,17?,18-,19+/m0/s1. The number of hydrogen-bond donors (Lipinski definition) is 1. The van der Waals surface area contributed by atoms with Crippen molar-refractivity contribution in [1.82, 2.24) is 0 Å². The molecule has 0 amide bonds. The Morgan fingerprint density at radius 3 is 2.91 bits per heavy atom. The first-order valence-corrected chi connectivity index (χ1v) is 9.82. The van der Waals surface area contributed by atoms with Gasteiger partial charge >= 0.3 is 0 Å². The van der Waals surface area contributed by atoms with Crippen LogP contribution in [0.2, 0.25) is 0 Å². The van der Waals surface area contributed by atoms with Gasteiger partial charge in [0.1, 0.15) is 0 Å². The quantitative estimate of drug-likeness (QED) is 0.559. The zero-order chi connectivity index (χ0) is 15.5. The van der Waals surface area contributed by atoms with Crippen LogP contribution in [0.4, 0.5) is 0 Å². The average molecular weight is 365 g/mol. The summed E-state index contributed by atoms with van der Waals surface area (Å²) in [6.07, 6.45) is 11.2. The normalized spacial score (nSPS) is 47.2. The summed E-state index contributed by atoms with van der Waals surface area (Å²) in [5, 5.41) is 11.4. The highest BCUT2D eigenvalue weighted by Crippen LogP contribution is 2.63.